The maximum Gasteiger partial charge on any atom is 0.257 e. The fourth-order valence-electron chi connectivity index (χ4n) is 1.84. The molecule has 1 heterocycles. The Hall–Kier alpha value is -2.35. The van der Waals surface area contributed by atoms with Crippen molar-refractivity contribution in [2.24, 2.45) is 11.0 Å². The molecule has 0 radical (unpaired) electrons. The number of anilines is 1. The number of ether oxygens (including phenoxy) is 1. The maximum atomic E-state index is 12.1. The normalized spacial score (nSPS) is 18.5. The Kier molecular flexibility index (Phi) is 3.28. The van der Waals surface area contributed by atoms with Crippen molar-refractivity contribution in [3.63, 3.8) is 0 Å². The Balaban J connectivity index is 2.25. The summed E-state index contributed by atoms with van der Waals surface area (Å²) in [5.74, 6) is 0.149. The fraction of sp³-hybridized carbons (Fsp3) is 0.308. The molecule has 0 saturated carbocycles. The monoisotopic (exact) mass is 243 g/mol. The van der Waals surface area contributed by atoms with Crippen LogP contribution in [0.25, 0.3) is 0 Å². The molecule has 5 heteroatoms. The van der Waals surface area contributed by atoms with Crippen molar-refractivity contribution in [1.29, 1.82) is 5.26 Å². The summed E-state index contributed by atoms with van der Waals surface area (Å²) in [5.41, 5.74) is 1.36. The molecule has 5 nitrogen and oxygen atoms in total. The molecule has 0 saturated heterocycles. The lowest BCUT2D eigenvalue weighted by Gasteiger charge is -2.13. The van der Waals surface area contributed by atoms with E-state index in [0.717, 1.165) is 5.75 Å². The van der Waals surface area contributed by atoms with Crippen molar-refractivity contribution >= 4 is 17.3 Å². The topological polar surface area (TPSA) is 65.7 Å². The minimum absolute atomic E-state index is 0.154. The van der Waals surface area contributed by atoms with Gasteiger partial charge in [0, 0.05) is 5.71 Å². The van der Waals surface area contributed by atoms with Crippen LogP contribution < -0.4 is 9.75 Å². The lowest BCUT2D eigenvalue weighted by molar-refractivity contribution is -0.119. The molecule has 0 bridgehead atoms. The number of nitrogens with zero attached hydrogens (tertiary/aromatic N) is 3. The molecular weight excluding hydrogens is 230 g/mol. The molecule has 1 aromatic carbocycles. The number of carbonyl (C=O) groups excluding carboxylic acids is 1. The molecule has 0 aliphatic carbocycles. The molecular formula is C13H13N3O2. The second kappa shape index (κ2) is 4.88. The Bertz CT molecular complexity index is 528. The van der Waals surface area contributed by atoms with E-state index in [1.165, 1.54) is 5.01 Å². The summed E-state index contributed by atoms with van der Waals surface area (Å²) in [6.45, 7) is 1.77. The Morgan fingerprint density at radius 1 is 1.44 bits per heavy atom. The first-order valence-corrected chi connectivity index (χ1v) is 5.57. The summed E-state index contributed by atoms with van der Waals surface area (Å²) < 4.78 is 5.06. The van der Waals surface area contributed by atoms with Crippen LogP contribution in [-0.4, -0.2) is 18.7 Å². The van der Waals surface area contributed by atoms with E-state index in [0.29, 0.717) is 11.4 Å². The average Bonchev–Trinajstić information content (AvgIpc) is 2.67. The van der Waals surface area contributed by atoms with E-state index in [-0.39, 0.29) is 12.3 Å². The van der Waals surface area contributed by atoms with Crippen LogP contribution in [0, 0.1) is 17.2 Å². The highest BCUT2D eigenvalue weighted by atomic mass is 16.5. The standard InChI is InChI=1S/C13H13N3O2/c1-9-12(7-8-14)13(17)16(15-9)10-3-5-11(18-2)6-4-10/h3-6,12H,7H2,1-2H3. The van der Waals surface area contributed by atoms with Gasteiger partial charge in [0.05, 0.1) is 31.2 Å². The van der Waals surface area contributed by atoms with Crippen LogP contribution in [-0.2, 0) is 4.79 Å². The largest absolute Gasteiger partial charge is 0.497 e. The van der Waals surface area contributed by atoms with Gasteiger partial charge in [0.2, 0.25) is 0 Å². The van der Waals surface area contributed by atoms with Crippen molar-refractivity contribution in [1.82, 2.24) is 0 Å². The summed E-state index contributed by atoms with van der Waals surface area (Å²) in [4.78, 5) is 12.1. The van der Waals surface area contributed by atoms with Crippen LogP contribution in [0.15, 0.2) is 29.4 Å². The number of methoxy groups -OCH3 is 1. The summed E-state index contributed by atoms with van der Waals surface area (Å²) in [6.07, 6.45) is 0.167. The highest BCUT2D eigenvalue weighted by molar-refractivity contribution is 6.14. The number of carbonyl (C=O) groups is 1. The van der Waals surface area contributed by atoms with Crippen LogP contribution in [0.2, 0.25) is 0 Å². The first-order chi connectivity index (χ1) is 8.67. The van der Waals surface area contributed by atoms with E-state index >= 15 is 0 Å². The van der Waals surface area contributed by atoms with Crippen LogP contribution in [0.5, 0.6) is 5.75 Å². The van der Waals surface area contributed by atoms with Gasteiger partial charge in [0.25, 0.3) is 5.91 Å². The van der Waals surface area contributed by atoms with E-state index < -0.39 is 5.92 Å². The Morgan fingerprint density at radius 2 is 2.11 bits per heavy atom. The van der Waals surface area contributed by atoms with E-state index in [2.05, 4.69) is 5.10 Å². The van der Waals surface area contributed by atoms with Crippen LogP contribution in [0.3, 0.4) is 0 Å². The second-order valence-corrected chi connectivity index (χ2v) is 4.00. The number of hydrazone groups is 1. The first kappa shape index (κ1) is 12.1. The molecule has 1 aliphatic heterocycles. The second-order valence-electron chi connectivity index (χ2n) is 4.00. The Morgan fingerprint density at radius 3 is 2.67 bits per heavy atom. The van der Waals surface area contributed by atoms with Crippen molar-refractivity contribution in [2.75, 3.05) is 12.1 Å². The van der Waals surface area contributed by atoms with E-state index in [9.17, 15) is 4.79 Å². The molecule has 1 aromatic rings. The quantitative estimate of drug-likeness (QED) is 0.814. The van der Waals surface area contributed by atoms with Gasteiger partial charge in [-0.15, -0.1) is 0 Å². The van der Waals surface area contributed by atoms with Crippen LogP contribution >= 0.6 is 0 Å². The van der Waals surface area contributed by atoms with Crippen LogP contribution in [0.4, 0.5) is 5.69 Å². The number of hydrogen-bond acceptors (Lipinski definition) is 4. The van der Waals surface area contributed by atoms with Gasteiger partial charge in [-0.2, -0.15) is 10.4 Å². The number of rotatable bonds is 3. The molecule has 1 aliphatic rings. The summed E-state index contributed by atoms with van der Waals surface area (Å²) >= 11 is 0. The molecule has 92 valence electrons. The van der Waals surface area contributed by atoms with Crippen molar-refractivity contribution in [3.8, 4) is 11.8 Å². The molecule has 18 heavy (non-hydrogen) atoms. The van der Waals surface area contributed by atoms with Gasteiger partial charge in [-0.25, -0.2) is 5.01 Å². The molecule has 0 N–H and O–H groups in total. The minimum atomic E-state index is -0.419. The predicted octanol–water partition coefficient (Wildman–Crippen LogP) is 1.95. The van der Waals surface area contributed by atoms with Gasteiger partial charge in [0.15, 0.2) is 0 Å². The fourth-order valence-corrected chi connectivity index (χ4v) is 1.84. The number of nitriles is 1. The molecule has 1 amide bonds. The van der Waals surface area contributed by atoms with Crippen molar-refractivity contribution in [2.45, 2.75) is 13.3 Å². The highest BCUT2D eigenvalue weighted by Crippen LogP contribution is 2.26. The number of benzene rings is 1. The minimum Gasteiger partial charge on any atom is -0.497 e. The van der Waals surface area contributed by atoms with Gasteiger partial charge in [-0.3, -0.25) is 4.79 Å². The zero-order valence-electron chi connectivity index (χ0n) is 10.3. The lowest BCUT2D eigenvalue weighted by atomic mass is 10.0. The third-order valence-electron chi connectivity index (χ3n) is 2.88. The number of hydrogen-bond donors (Lipinski definition) is 0. The summed E-state index contributed by atoms with van der Waals surface area (Å²) in [6, 6.07) is 9.08. The summed E-state index contributed by atoms with van der Waals surface area (Å²) in [5, 5.41) is 14.2. The van der Waals surface area contributed by atoms with Crippen molar-refractivity contribution in [3.05, 3.63) is 24.3 Å². The summed E-state index contributed by atoms with van der Waals surface area (Å²) in [7, 11) is 1.58. The van der Waals surface area contributed by atoms with E-state index in [4.69, 9.17) is 10.00 Å². The zero-order valence-corrected chi connectivity index (χ0v) is 10.3. The third-order valence-corrected chi connectivity index (χ3v) is 2.88. The smallest absolute Gasteiger partial charge is 0.257 e. The predicted molar refractivity (Wildman–Crippen MR) is 67.3 cm³/mol. The number of amides is 1. The van der Waals surface area contributed by atoms with Gasteiger partial charge < -0.3 is 4.74 Å². The van der Waals surface area contributed by atoms with E-state index in [1.807, 2.05) is 6.07 Å². The average molecular weight is 243 g/mol. The molecule has 1 unspecified atom stereocenters. The van der Waals surface area contributed by atoms with Gasteiger partial charge in [0.1, 0.15) is 5.75 Å². The molecule has 0 spiro atoms. The zero-order chi connectivity index (χ0) is 13.1. The van der Waals surface area contributed by atoms with Crippen molar-refractivity contribution < 1.29 is 9.53 Å². The molecule has 2 rings (SSSR count). The lowest BCUT2D eigenvalue weighted by Crippen LogP contribution is -2.26. The van der Waals surface area contributed by atoms with Gasteiger partial charge in [-0.1, -0.05) is 0 Å². The highest BCUT2D eigenvalue weighted by Gasteiger charge is 2.33. The Labute approximate surface area is 105 Å². The maximum absolute atomic E-state index is 12.1. The molecule has 1 atom stereocenters. The van der Waals surface area contributed by atoms with Gasteiger partial charge in [-0.05, 0) is 31.2 Å². The van der Waals surface area contributed by atoms with Crippen LogP contribution in [0.1, 0.15) is 13.3 Å². The molecule has 0 fully saturated rings. The SMILES string of the molecule is COc1ccc(N2N=C(C)C(CC#N)C2=O)cc1. The third kappa shape index (κ3) is 2.05. The van der Waals surface area contributed by atoms with E-state index in [1.54, 1.807) is 38.3 Å². The van der Waals surface area contributed by atoms with Gasteiger partial charge >= 0.3 is 0 Å². The first-order valence-electron chi connectivity index (χ1n) is 5.57. The molecule has 0 aromatic heterocycles.